The first kappa shape index (κ1) is 22.9. The quantitative estimate of drug-likeness (QED) is 0.709. The highest BCUT2D eigenvalue weighted by atomic mass is 32.2. The Bertz CT molecular complexity index is 1080. The second-order valence-electron chi connectivity index (χ2n) is 6.80. The summed E-state index contributed by atoms with van der Waals surface area (Å²) < 4.78 is 92.0. The Labute approximate surface area is 175 Å². The van der Waals surface area contributed by atoms with Gasteiger partial charge in [-0.2, -0.15) is 13.2 Å². The third-order valence-electron chi connectivity index (χ3n) is 4.94. The molecule has 0 unspecified atom stereocenters. The number of carbonyl (C=O) groups is 1. The maximum absolute atomic E-state index is 14.2. The molecular formula is C19H18F5N3O3S. The highest BCUT2D eigenvalue weighted by Gasteiger charge is 2.31. The minimum Gasteiger partial charge on any atom is -0.368 e. The number of nitrogens with one attached hydrogen (secondary N) is 1. The van der Waals surface area contributed by atoms with Crippen molar-refractivity contribution in [1.82, 2.24) is 9.62 Å². The number of sulfonamides is 1. The molecule has 1 aliphatic heterocycles. The molecule has 1 heterocycles. The van der Waals surface area contributed by atoms with Crippen molar-refractivity contribution in [3.05, 3.63) is 59.2 Å². The summed E-state index contributed by atoms with van der Waals surface area (Å²) in [4.78, 5) is 15.1. The minimum atomic E-state index is -4.45. The molecule has 1 amide bonds. The van der Waals surface area contributed by atoms with Gasteiger partial charge in [0.2, 0.25) is 10.0 Å². The largest absolute Gasteiger partial charge is 0.416 e. The summed E-state index contributed by atoms with van der Waals surface area (Å²) >= 11 is 0. The molecule has 0 bridgehead atoms. The van der Waals surface area contributed by atoms with E-state index in [2.05, 4.69) is 0 Å². The van der Waals surface area contributed by atoms with E-state index in [-0.39, 0.29) is 26.2 Å². The predicted octanol–water partition coefficient (Wildman–Crippen LogP) is 2.85. The molecule has 0 aromatic heterocycles. The lowest BCUT2D eigenvalue weighted by Gasteiger charge is -2.36. The molecule has 0 atom stereocenters. The van der Waals surface area contributed by atoms with Crippen LogP contribution in [-0.2, 0) is 16.2 Å². The number of alkyl halides is 3. The van der Waals surface area contributed by atoms with Gasteiger partial charge in [0.15, 0.2) is 11.6 Å². The fourth-order valence-electron chi connectivity index (χ4n) is 3.19. The van der Waals surface area contributed by atoms with Gasteiger partial charge in [-0.3, -0.25) is 4.79 Å². The first-order chi connectivity index (χ1) is 14.4. The number of amides is 1. The smallest absolute Gasteiger partial charge is 0.368 e. The highest BCUT2D eigenvalue weighted by molar-refractivity contribution is 7.89. The van der Waals surface area contributed by atoms with Gasteiger partial charge in [-0.1, -0.05) is 0 Å². The Balaban J connectivity index is 1.75. The molecule has 12 heteroatoms. The van der Waals surface area contributed by atoms with Crippen LogP contribution < -0.4 is 9.62 Å². The maximum Gasteiger partial charge on any atom is 0.416 e. The normalized spacial score (nSPS) is 15.3. The molecule has 2 aromatic rings. The van der Waals surface area contributed by atoms with Gasteiger partial charge in [0.05, 0.1) is 16.0 Å². The third kappa shape index (κ3) is 4.79. The molecule has 1 fully saturated rings. The van der Waals surface area contributed by atoms with Crippen molar-refractivity contribution >= 4 is 21.6 Å². The number of halogens is 5. The van der Waals surface area contributed by atoms with E-state index in [9.17, 15) is 35.2 Å². The van der Waals surface area contributed by atoms with Crippen molar-refractivity contribution < 1.29 is 35.2 Å². The SMILES string of the molecule is CNS(=O)(=O)c1cc(F)c(F)c(C(=O)N2CCN(c3ccc(C(F)(F)F)cc3)CC2)c1. The van der Waals surface area contributed by atoms with Crippen LogP contribution in [0.3, 0.4) is 0 Å². The van der Waals surface area contributed by atoms with E-state index in [1.54, 1.807) is 4.90 Å². The zero-order valence-corrected chi connectivity index (χ0v) is 17.0. The Morgan fingerprint density at radius 2 is 1.58 bits per heavy atom. The van der Waals surface area contributed by atoms with E-state index < -0.39 is 49.8 Å². The summed E-state index contributed by atoms with van der Waals surface area (Å²) in [5.41, 5.74) is -0.963. The summed E-state index contributed by atoms with van der Waals surface area (Å²) in [6, 6.07) is 5.82. The van der Waals surface area contributed by atoms with E-state index in [1.807, 2.05) is 4.72 Å². The summed E-state index contributed by atoms with van der Waals surface area (Å²) in [6.07, 6.45) is -4.45. The van der Waals surface area contributed by atoms with Crippen LogP contribution in [0.5, 0.6) is 0 Å². The Kier molecular flexibility index (Phi) is 6.23. The third-order valence-corrected chi connectivity index (χ3v) is 6.33. The molecule has 0 saturated carbocycles. The predicted molar refractivity (Wildman–Crippen MR) is 102 cm³/mol. The van der Waals surface area contributed by atoms with Crippen molar-refractivity contribution in [1.29, 1.82) is 0 Å². The Morgan fingerprint density at radius 1 is 1.00 bits per heavy atom. The Hall–Kier alpha value is -2.73. The second kappa shape index (κ2) is 8.42. The number of benzene rings is 2. The average Bonchev–Trinajstić information content (AvgIpc) is 2.74. The van der Waals surface area contributed by atoms with Crippen molar-refractivity contribution in [2.75, 3.05) is 38.1 Å². The van der Waals surface area contributed by atoms with Crippen molar-refractivity contribution in [3.63, 3.8) is 0 Å². The minimum absolute atomic E-state index is 0.0872. The van der Waals surface area contributed by atoms with Crippen LogP contribution in [0.2, 0.25) is 0 Å². The number of rotatable bonds is 4. The Morgan fingerprint density at radius 3 is 2.10 bits per heavy atom. The molecule has 1 aliphatic rings. The lowest BCUT2D eigenvalue weighted by molar-refractivity contribution is -0.137. The van der Waals surface area contributed by atoms with Crippen LogP contribution in [0.25, 0.3) is 0 Å². The van der Waals surface area contributed by atoms with Crippen LogP contribution in [0.4, 0.5) is 27.6 Å². The number of piperazine rings is 1. The molecule has 31 heavy (non-hydrogen) atoms. The maximum atomic E-state index is 14.2. The van der Waals surface area contributed by atoms with Crippen molar-refractivity contribution in [2.45, 2.75) is 11.1 Å². The van der Waals surface area contributed by atoms with Crippen LogP contribution in [0.15, 0.2) is 41.3 Å². The number of hydrogen-bond acceptors (Lipinski definition) is 4. The van der Waals surface area contributed by atoms with Crippen LogP contribution in [0, 0.1) is 11.6 Å². The average molecular weight is 463 g/mol. The molecule has 1 N–H and O–H groups in total. The molecule has 168 valence electrons. The van der Waals surface area contributed by atoms with Gasteiger partial charge in [0.25, 0.3) is 5.91 Å². The zero-order valence-electron chi connectivity index (χ0n) is 16.2. The van der Waals surface area contributed by atoms with Crippen molar-refractivity contribution in [2.24, 2.45) is 0 Å². The van der Waals surface area contributed by atoms with Gasteiger partial charge >= 0.3 is 6.18 Å². The van der Waals surface area contributed by atoms with Gasteiger partial charge < -0.3 is 9.80 Å². The van der Waals surface area contributed by atoms with E-state index in [0.29, 0.717) is 11.8 Å². The standard InChI is InChI=1S/C19H18F5N3O3S/c1-25-31(29,30)14-10-15(17(21)16(20)11-14)18(28)27-8-6-26(7-9-27)13-4-2-12(3-5-13)19(22,23)24/h2-5,10-11,25H,6-9H2,1H3. The fourth-order valence-corrected chi connectivity index (χ4v) is 3.96. The fraction of sp³-hybridized carbons (Fsp3) is 0.316. The number of carbonyl (C=O) groups excluding carboxylic acids is 1. The van der Waals surface area contributed by atoms with Gasteiger partial charge in [-0.15, -0.1) is 0 Å². The first-order valence-electron chi connectivity index (χ1n) is 9.08. The zero-order chi connectivity index (χ0) is 23.0. The number of nitrogens with zero attached hydrogens (tertiary/aromatic N) is 2. The van der Waals surface area contributed by atoms with Gasteiger partial charge in [0.1, 0.15) is 0 Å². The monoisotopic (exact) mass is 463 g/mol. The summed E-state index contributed by atoms with van der Waals surface area (Å²) in [5, 5.41) is 0. The molecule has 1 saturated heterocycles. The lowest BCUT2D eigenvalue weighted by Crippen LogP contribution is -2.49. The first-order valence-corrected chi connectivity index (χ1v) is 10.6. The van der Waals surface area contributed by atoms with E-state index in [4.69, 9.17) is 0 Å². The summed E-state index contributed by atoms with van der Waals surface area (Å²) in [5.74, 6) is -3.80. The molecule has 2 aromatic carbocycles. The van der Waals surface area contributed by atoms with Gasteiger partial charge in [-0.05, 0) is 43.4 Å². The lowest BCUT2D eigenvalue weighted by atomic mass is 10.1. The van der Waals surface area contributed by atoms with E-state index in [1.165, 1.54) is 17.0 Å². The van der Waals surface area contributed by atoms with Crippen LogP contribution in [0.1, 0.15) is 15.9 Å². The number of hydrogen-bond donors (Lipinski definition) is 1. The molecule has 0 radical (unpaired) electrons. The van der Waals surface area contributed by atoms with Crippen molar-refractivity contribution in [3.8, 4) is 0 Å². The van der Waals surface area contributed by atoms with Crippen LogP contribution >= 0.6 is 0 Å². The molecular weight excluding hydrogens is 445 g/mol. The topological polar surface area (TPSA) is 69.7 Å². The molecule has 0 aliphatic carbocycles. The molecule has 6 nitrogen and oxygen atoms in total. The highest BCUT2D eigenvalue weighted by Crippen LogP contribution is 2.31. The van der Waals surface area contributed by atoms with E-state index in [0.717, 1.165) is 25.2 Å². The number of anilines is 1. The summed E-state index contributed by atoms with van der Waals surface area (Å²) in [6.45, 7) is 0.666. The van der Waals surface area contributed by atoms with Crippen LogP contribution in [-0.4, -0.2) is 52.5 Å². The molecule has 0 spiro atoms. The molecule has 3 rings (SSSR count). The van der Waals surface area contributed by atoms with E-state index >= 15 is 0 Å². The second-order valence-corrected chi connectivity index (χ2v) is 8.68. The van der Waals surface area contributed by atoms with Gasteiger partial charge in [-0.25, -0.2) is 21.9 Å². The van der Waals surface area contributed by atoms with Gasteiger partial charge in [0, 0.05) is 31.9 Å². The summed E-state index contributed by atoms with van der Waals surface area (Å²) in [7, 11) is -3.00.